The molecule has 5 nitrogen and oxygen atoms in total. The third kappa shape index (κ3) is 4.72. The fourth-order valence-corrected chi connectivity index (χ4v) is 4.43. The Morgan fingerprint density at radius 2 is 1.60 bits per heavy atom. The van der Waals surface area contributed by atoms with E-state index < -0.39 is 17.0 Å². The lowest BCUT2D eigenvalue weighted by molar-refractivity contribution is -0.125. The number of aliphatic imine (C=N–C) groups is 1. The molecular weight excluding hydrogens is 446 g/mol. The molecule has 1 atom stereocenters. The van der Waals surface area contributed by atoms with Crippen molar-refractivity contribution in [1.82, 2.24) is 10.2 Å². The number of nitrogens with zero attached hydrogens (tertiary/aromatic N) is 4. The van der Waals surface area contributed by atoms with Crippen molar-refractivity contribution in [1.29, 1.82) is 0 Å². The van der Waals surface area contributed by atoms with Crippen molar-refractivity contribution < 1.29 is 13.6 Å². The molecule has 1 fully saturated rings. The van der Waals surface area contributed by atoms with Gasteiger partial charge < -0.3 is 0 Å². The van der Waals surface area contributed by atoms with Crippen LogP contribution in [-0.4, -0.2) is 27.9 Å². The number of halogens is 2. The fourth-order valence-electron chi connectivity index (χ4n) is 4.43. The monoisotopic (exact) mass is 474 g/mol. The third-order valence-electron chi connectivity index (χ3n) is 6.48. The Morgan fingerprint density at radius 3 is 2.17 bits per heavy atom. The highest BCUT2D eigenvalue weighted by atomic mass is 19.1. The Labute approximate surface area is 203 Å². The lowest BCUT2D eigenvalue weighted by Crippen LogP contribution is -2.41. The topological polar surface area (TPSA) is 58.5 Å². The first-order chi connectivity index (χ1) is 16.7. The van der Waals surface area contributed by atoms with Crippen LogP contribution in [0.5, 0.6) is 0 Å². The maximum Gasteiger partial charge on any atom is 0.233 e. The molecule has 0 N–H and O–H groups in total. The second-order valence-corrected chi connectivity index (χ2v) is 10.3. The molecule has 1 saturated carbocycles. The van der Waals surface area contributed by atoms with Gasteiger partial charge in [0.15, 0.2) is 5.82 Å². The number of hydrogen-bond acceptors (Lipinski definition) is 4. The second kappa shape index (κ2) is 8.95. The largest absolute Gasteiger partial charge is 0.292 e. The summed E-state index contributed by atoms with van der Waals surface area (Å²) in [4.78, 5) is 19.3. The van der Waals surface area contributed by atoms with Gasteiger partial charge in [-0.3, -0.25) is 14.7 Å². The van der Waals surface area contributed by atoms with E-state index in [1.165, 1.54) is 18.2 Å². The smallest absolute Gasteiger partial charge is 0.233 e. The SMILES string of the molecule is CC(C)(C)C(=O)N(c1ccc(-c2ccc(C3CCC(c4c(F)cccc4F)=N3)cc2)nn1)C1CC1. The summed E-state index contributed by atoms with van der Waals surface area (Å²) in [7, 11) is 0. The average Bonchev–Trinajstić information content (AvgIpc) is 3.55. The van der Waals surface area contributed by atoms with Crippen molar-refractivity contribution in [3.05, 3.63) is 77.4 Å². The molecule has 2 aliphatic rings. The normalized spacial score (nSPS) is 17.9. The van der Waals surface area contributed by atoms with E-state index >= 15 is 0 Å². The van der Waals surface area contributed by atoms with Crippen LogP contribution in [0.2, 0.25) is 0 Å². The van der Waals surface area contributed by atoms with Gasteiger partial charge in [-0.2, -0.15) is 0 Å². The van der Waals surface area contributed by atoms with E-state index in [1.54, 1.807) is 4.90 Å². The highest BCUT2D eigenvalue weighted by Crippen LogP contribution is 2.35. The van der Waals surface area contributed by atoms with Gasteiger partial charge in [-0.15, -0.1) is 10.2 Å². The van der Waals surface area contributed by atoms with Crippen molar-refractivity contribution in [2.45, 2.75) is 58.5 Å². The van der Waals surface area contributed by atoms with Crippen molar-refractivity contribution in [3.63, 3.8) is 0 Å². The first-order valence-corrected chi connectivity index (χ1v) is 12.0. The molecule has 180 valence electrons. The Morgan fingerprint density at radius 1 is 0.914 bits per heavy atom. The summed E-state index contributed by atoms with van der Waals surface area (Å²) in [6.45, 7) is 5.74. The molecule has 0 spiro atoms. The molecule has 0 bridgehead atoms. The first-order valence-electron chi connectivity index (χ1n) is 12.0. The summed E-state index contributed by atoms with van der Waals surface area (Å²) in [6, 6.07) is 15.5. The van der Waals surface area contributed by atoms with Crippen LogP contribution in [0.15, 0.2) is 59.6 Å². The average molecular weight is 475 g/mol. The van der Waals surface area contributed by atoms with Gasteiger partial charge >= 0.3 is 0 Å². The van der Waals surface area contributed by atoms with Gasteiger partial charge in [0, 0.05) is 22.7 Å². The number of rotatable bonds is 5. The van der Waals surface area contributed by atoms with E-state index in [0.29, 0.717) is 30.1 Å². The van der Waals surface area contributed by atoms with E-state index in [2.05, 4.69) is 15.2 Å². The minimum absolute atomic E-state index is 0.0211. The van der Waals surface area contributed by atoms with E-state index in [0.717, 1.165) is 24.0 Å². The molecule has 7 heteroatoms. The minimum atomic E-state index is -0.578. The van der Waals surface area contributed by atoms with Crippen LogP contribution in [-0.2, 0) is 4.79 Å². The standard InChI is InChI=1S/C28H28F2N4O/c1-28(2,3)27(35)34(19-11-12-19)25-16-15-23(32-33-25)18-9-7-17(8-10-18)22-13-14-24(31-22)26-20(29)5-4-6-21(26)30/h4-10,15-16,19,22H,11-14H2,1-3H3. The van der Waals surface area contributed by atoms with Crippen molar-refractivity contribution >= 4 is 17.4 Å². The summed E-state index contributed by atoms with van der Waals surface area (Å²) >= 11 is 0. The van der Waals surface area contributed by atoms with E-state index in [-0.39, 0.29) is 23.6 Å². The zero-order chi connectivity index (χ0) is 24.7. The fraction of sp³-hybridized carbons (Fsp3) is 0.357. The maximum absolute atomic E-state index is 14.1. The van der Waals surface area contributed by atoms with E-state index in [4.69, 9.17) is 0 Å². The molecule has 3 aromatic rings. The third-order valence-corrected chi connectivity index (χ3v) is 6.48. The molecule has 2 heterocycles. The lowest BCUT2D eigenvalue weighted by Gasteiger charge is -2.28. The molecule has 35 heavy (non-hydrogen) atoms. The zero-order valence-electron chi connectivity index (χ0n) is 20.1. The van der Waals surface area contributed by atoms with Crippen LogP contribution in [0, 0.1) is 17.0 Å². The van der Waals surface area contributed by atoms with Gasteiger partial charge in [0.05, 0.1) is 17.3 Å². The number of carbonyl (C=O) groups excluding carboxylic acids is 1. The predicted octanol–water partition coefficient (Wildman–Crippen LogP) is 6.29. The van der Waals surface area contributed by atoms with Crippen LogP contribution >= 0.6 is 0 Å². The van der Waals surface area contributed by atoms with E-state index in [9.17, 15) is 13.6 Å². The molecule has 1 unspecified atom stereocenters. The van der Waals surface area contributed by atoms with Crippen molar-refractivity contribution in [3.8, 4) is 11.3 Å². The highest BCUT2D eigenvalue weighted by molar-refractivity contribution is 6.02. The molecular formula is C28H28F2N4O. The number of benzene rings is 2. The van der Waals surface area contributed by atoms with Crippen LogP contribution in [0.25, 0.3) is 11.3 Å². The summed E-state index contributed by atoms with van der Waals surface area (Å²) < 4.78 is 28.3. The van der Waals surface area contributed by atoms with Crippen LogP contribution < -0.4 is 4.90 Å². The van der Waals surface area contributed by atoms with Gasteiger partial charge in [-0.25, -0.2) is 8.78 Å². The van der Waals surface area contributed by atoms with Crippen LogP contribution in [0.4, 0.5) is 14.6 Å². The van der Waals surface area contributed by atoms with Crippen LogP contribution in [0.1, 0.15) is 63.6 Å². The molecule has 1 aliphatic carbocycles. The van der Waals surface area contributed by atoms with Crippen molar-refractivity contribution in [2.24, 2.45) is 10.4 Å². The summed E-state index contributed by atoms with van der Waals surface area (Å²) in [6.07, 6.45) is 3.21. The molecule has 1 aliphatic heterocycles. The second-order valence-electron chi connectivity index (χ2n) is 10.3. The molecule has 1 amide bonds. The number of amides is 1. The Bertz CT molecular complexity index is 1260. The van der Waals surface area contributed by atoms with Gasteiger partial charge in [0.1, 0.15) is 11.6 Å². The predicted molar refractivity (Wildman–Crippen MR) is 132 cm³/mol. The molecule has 0 radical (unpaired) electrons. The van der Waals surface area contributed by atoms with Gasteiger partial charge in [0.25, 0.3) is 0 Å². The maximum atomic E-state index is 14.1. The van der Waals surface area contributed by atoms with Gasteiger partial charge in [-0.1, -0.05) is 51.1 Å². The first kappa shape index (κ1) is 23.3. The van der Waals surface area contributed by atoms with Gasteiger partial charge in [-0.05, 0) is 55.5 Å². The van der Waals surface area contributed by atoms with Gasteiger partial charge in [0.2, 0.25) is 5.91 Å². The molecule has 1 aromatic heterocycles. The summed E-state index contributed by atoms with van der Waals surface area (Å²) in [5.41, 5.74) is 2.56. The Hall–Kier alpha value is -3.48. The summed E-state index contributed by atoms with van der Waals surface area (Å²) in [5.74, 6) is -0.517. The van der Waals surface area contributed by atoms with E-state index in [1.807, 2.05) is 57.2 Å². The Balaban J connectivity index is 1.33. The Kier molecular flexibility index (Phi) is 5.95. The van der Waals surface area contributed by atoms with Crippen molar-refractivity contribution in [2.75, 3.05) is 4.90 Å². The number of hydrogen-bond donors (Lipinski definition) is 0. The quantitative estimate of drug-likeness (QED) is 0.437. The molecule has 0 saturated heterocycles. The van der Waals surface area contributed by atoms with Crippen LogP contribution in [0.3, 0.4) is 0 Å². The highest BCUT2D eigenvalue weighted by Gasteiger charge is 2.39. The summed E-state index contributed by atoms with van der Waals surface area (Å²) in [5, 5.41) is 8.76. The molecule has 2 aromatic carbocycles. The number of carbonyl (C=O) groups is 1. The number of aromatic nitrogens is 2. The zero-order valence-corrected chi connectivity index (χ0v) is 20.1. The lowest BCUT2D eigenvalue weighted by atomic mass is 9.94. The molecule has 5 rings (SSSR count). The minimum Gasteiger partial charge on any atom is -0.292 e. The number of anilines is 1.